The first kappa shape index (κ1) is 16.9. The van der Waals surface area contributed by atoms with Crippen LogP contribution in [0.1, 0.15) is 24.9 Å². The van der Waals surface area contributed by atoms with Crippen molar-refractivity contribution in [2.45, 2.75) is 25.4 Å². The van der Waals surface area contributed by atoms with Crippen LogP contribution in [0.2, 0.25) is 0 Å². The lowest BCUT2D eigenvalue weighted by atomic mass is 10.0. The van der Waals surface area contributed by atoms with E-state index in [1.807, 2.05) is 24.3 Å². The summed E-state index contributed by atoms with van der Waals surface area (Å²) in [6, 6.07) is 7.66. The van der Waals surface area contributed by atoms with Crippen LogP contribution in [-0.4, -0.2) is 41.5 Å². The van der Waals surface area contributed by atoms with E-state index in [4.69, 9.17) is 5.11 Å². The number of benzene rings is 1. The summed E-state index contributed by atoms with van der Waals surface area (Å²) < 4.78 is 1.01. The molecule has 1 amide bonds. The number of aliphatic carboxylic acids is 1. The van der Waals surface area contributed by atoms with E-state index in [9.17, 15) is 9.59 Å². The molecule has 6 nitrogen and oxygen atoms in total. The first-order valence-electron chi connectivity index (χ1n) is 7.12. The minimum Gasteiger partial charge on any atom is -0.481 e. The topological polar surface area (TPSA) is 81.7 Å². The van der Waals surface area contributed by atoms with E-state index in [2.05, 4.69) is 26.8 Å². The summed E-state index contributed by atoms with van der Waals surface area (Å²) in [5.74, 6) is -1.57. The Hall–Kier alpha value is -1.44. The molecule has 3 atom stereocenters. The quantitative estimate of drug-likeness (QED) is 0.733. The summed E-state index contributed by atoms with van der Waals surface area (Å²) in [5.41, 5.74) is 7.23. The van der Waals surface area contributed by atoms with Crippen LogP contribution in [-0.2, 0) is 9.59 Å². The van der Waals surface area contributed by atoms with Gasteiger partial charge >= 0.3 is 5.97 Å². The highest BCUT2D eigenvalue weighted by Crippen LogP contribution is 2.24. The molecule has 0 bridgehead atoms. The Balaban J connectivity index is 1.93. The molecule has 2 rings (SSSR count). The van der Waals surface area contributed by atoms with Crippen LogP contribution in [0.25, 0.3) is 0 Å². The zero-order chi connectivity index (χ0) is 16.3. The van der Waals surface area contributed by atoms with Gasteiger partial charge in [-0.05, 0) is 24.1 Å². The number of hydrogen-bond acceptors (Lipinski definition) is 4. The summed E-state index contributed by atoms with van der Waals surface area (Å²) in [6.45, 7) is 1.80. The van der Waals surface area contributed by atoms with Gasteiger partial charge in [0.2, 0.25) is 5.91 Å². The molecule has 7 heteroatoms. The number of halogens is 1. The molecule has 3 unspecified atom stereocenters. The van der Waals surface area contributed by atoms with Gasteiger partial charge in [0.05, 0.1) is 5.92 Å². The van der Waals surface area contributed by atoms with Crippen molar-refractivity contribution in [1.29, 1.82) is 0 Å². The van der Waals surface area contributed by atoms with E-state index in [0.29, 0.717) is 6.42 Å². The molecule has 1 aliphatic rings. The van der Waals surface area contributed by atoms with Gasteiger partial charge in [0.15, 0.2) is 0 Å². The van der Waals surface area contributed by atoms with Crippen molar-refractivity contribution in [3.05, 3.63) is 34.3 Å². The Labute approximate surface area is 138 Å². The van der Waals surface area contributed by atoms with Gasteiger partial charge in [0.1, 0.15) is 6.04 Å². The van der Waals surface area contributed by atoms with Gasteiger partial charge < -0.3 is 10.0 Å². The molecular weight excluding hydrogens is 350 g/mol. The normalized spacial score (nSPS) is 22.3. The summed E-state index contributed by atoms with van der Waals surface area (Å²) in [7, 11) is 1.64. The number of nitrogens with one attached hydrogen (secondary N) is 2. The van der Waals surface area contributed by atoms with Gasteiger partial charge in [-0.15, -0.1) is 0 Å². The fourth-order valence-corrected chi connectivity index (χ4v) is 2.74. The van der Waals surface area contributed by atoms with Crippen LogP contribution < -0.4 is 10.9 Å². The van der Waals surface area contributed by atoms with E-state index in [1.54, 1.807) is 14.0 Å². The predicted molar refractivity (Wildman–Crippen MR) is 86.0 cm³/mol. The highest BCUT2D eigenvalue weighted by atomic mass is 79.9. The summed E-state index contributed by atoms with van der Waals surface area (Å²) >= 11 is 3.40. The number of hydrogen-bond donors (Lipinski definition) is 3. The van der Waals surface area contributed by atoms with Crippen molar-refractivity contribution >= 4 is 27.8 Å². The number of amides is 1. The monoisotopic (exact) mass is 369 g/mol. The number of carboxylic acid groups (broad SMARTS) is 1. The maximum Gasteiger partial charge on any atom is 0.308 e. The Morgan fingerprint density at radius 1 is 1.36 bits per heavy atom. The van der Waals surface area contributed by atoms with E-state index >= 15 is 0 Å². The molecule has 1 saturated heterocycles. The Bertz CT molecular complexity index is 549. The van der Waals surface area contributed by atoms with Gasteiger partial charge in [-0.1, -0.05) is 35.0 Å². The van der Waals surface area contributed by atoms with Crippen LogP contribution in [0.3, 0.4) is 0 Å². The molecule has 1 aromatic carbocycles. The van der Waals surface area contributed by atoms with Gasteiger partial charge in [-0.25, -0.2) is 10.9 Å². The maximum absolute atomic E-state index is 12.4. The van der Waals surface area contributed by atoms with Crippen molar-refractivity contribution in [3.63, 3.8) is 0 Å². The third kappa shape index (κ3) is 4.06. The lowest BCUT2D eigenvalue weighted by Gasteiger charge is -2.22. The molecule has 0 aliphatic carbocycles. The molecular formula is C15H20BrN3O3. The number of hydrazine groups is 1. The van der Waals surface area contributed by atoms with Crippen LogP contribution in [0.4, 0.5) is 0 Å². The number of rotatable bonds is 5. The third-order valence-electron chi connectivity index (χ3n) is 3.82. The molecule has 22 heavy (non-hydrogen) atoms. The second kappa shape index (κ2) is 7.21. The van der Waals surface area contributed by atoms with Crippen LogP contribution in [0.5, 0.6) is 0 Å². The van der Waals surface area contributed by atoms with Crippen molar-refractivity contribution in [2.75, 3.05) is 13.6 Å². The van der Waals surface area contributed by atoms with Crippen LogP contribution >= 0.6 is 15.9 Å². The first-order valence-corrected chi connectivity index (χ1v) is 7.92. The van der Waals surface area contributed by atoms with Crippen molar-refractivity contribution < 1.29 is 14.7 Å². The molecule has 3 N–H and O–H groups in total. The van der Waals surface area contributed by atoms with E-state index in [0.717, 1.165) is 10.0 Å². The summed E-state index contributed by atoms with van der Waals surface area (Å²) in [6.07, 6.45) is 0.631. The zero-order valence-corrected chi connectivity index (χ0v) is 14.1. The Kier molecular flexibility index (Phi) is 5.55. The minimum absolute atomic E-state index is 0.0624. The highest BCUT2D eigenvalue weighted by Gasteiger charge is 2.32. The number of carboxylic acids is 1. The highest BCUT2D eigenvalue weighted by molar-refractivity contribution is 9.10. The molecule has 1 aliphatic heterocycles. The molecule has 1 fully saturated rings. The smallest absolute Gasteiger partial charge is 0.308 e. The van der Waals surface area contributed by atoms with Crippen molar-refractivity contribution in [1.82, 2.24) is 15.8 Å². The molecule has 0 spiro atoms. The molecule has 0 saturated carbocycles. The van der Waals surface area contributed by atoms with E-state index < -0.39 is 11.9 Å². The average Bonchev–Trinajstić information content (AvgIpc) is 2.96. The van der Waals surface area contributed by atoms with E-state index in [1.165, 1.54) is 4.90 Å². The van der Waals surface area contributed by atoms with Crippen LogP contribution in [0.15, 0.2) is 28.7 Å². The van der Waals surface area contributed by atoms with Gasteiger partial charge in [-0.2, -0.15) is 0 Å². The second-order valence-corrected chi connectivity index (χ2v) is 6.55. The Morgan fingerprint density at radius 2 is 2.00 bits per heavy atom. The number of nitrogens with zero attached hydrogens (tertiary/aromatic N) is 1. The molecule has 1 heterocycles. The predicted octanol–water partition coefficient (Wildman–Crippen LogP) is 1.54. The Morgan fingerprint density at radius 3 is 2.59 bits per heavy atom. The number of carbonyl (C=O) groups excluding carboxylic acids is 1. The van der Waals surface area contributed by atoms with Crippen molar-refractivity contribution in [3.8, 4) is 0 Å². The lowest BCUT2D eigenvalue weighted by molar-refractivity contribution is -0.143. The largest absolute Gasteiger partial charge is 0.481 e. The summed E-state index contributed by atoms with van der Waals surface area (Å²) in [4.78, 5) is 24.7. The fourth-order valence-electron chi connectivity index (χ4n) is 2.48. The third-order valence-corrected chi connectivity index (χ3v) is 4.35. The second-order valence-electron chi connectivity index (χ2n) is 5.64. The fraction of sp³-hybridized carbons (Fsp3) is 0.467. The average molecular weight is 370 g/mol. The minimum atomic E-state index is -0.898. The number of carbonyl (C=O) groups is 2. The van der Waals surface area contributed by atoms with Crippen molar-refractivity contribution in [2.24, 2.45) is 5.92 Å². The van der Waals surface area contributed by atoms with Gasteiger partial charge in [0.25, 0.3) is 0 Å². The lowest BCUT2D eigenvalue weighted by Crippen LogP contribution is -2.45. The maximum atomic E-state index is 12.4. The number of likely N-dealkylation sites (N-methyl/N-ethyl adjacent to an activating group) is 1. The van der Waals surface area contributed by atoms with Gasteiger partial charge in [-0.3, -0.25) is 9.59 Å². The SMILES string of the molecule is CC(CN(C)C(=O)C1CC(c2ccc(Br)cc2)NN1)C(=O)O. The molecule has 0 aromatic heterocycles. The summed E-state index contributed by atoms with van der Waals surface area (Å²) in [5, 5.41) is 8.92. The van der Waals surface area contributed by atoms with Gasteiger partial charge in [0, 0.05) is 24.1 Å². The molecule has 120 valence electrons. The molecule has 1 aromatic rings. The first-order chi connectivity index (χ1) is 10.4. The zero-order valence-electron chi connectivity index (χ0n) is 12.5. The standard InChI is InChI=1S/C15H20BrN3O3/c1-9(15(21)22)8-19(2)14(20)13-7-12(17-18-13)10-3-5-11(16)6-4-10/h3-6,9,12-13,17-18H,7-8H2,1-2H3,(H,21,22). The van der Waals surface area contributed by atoms with Crippen LogP contribution in [0, 0.1) is 5.92 Å². The van der Waals surface area contributed by atoms with E-state index in [-0.39, 0.29) is 24.5 Å². The molecule has 0 radical (unpaired) electrons.